The van der Waals surface area contributed by atoms with Crippen molar-refractivity contribution < 1.29 is 49.8 Å². The molecule has 12 heteroatoms. The molecule has 0 saturated heterocycles. The lowest BCUT2D eigenvalue weighted by molar-refractivity contribution is -0.139. The molecule has 0 aliphatic heterocycles. The molecule has 0 radical (unpaired) electrons. The van der Waals surface area contributed by atoms with Gasteiger partial charge in [0.2, 0.25) is 12.2 Å². The summed E-state index contributed by atoms with van der Waals surface area (Å²) < 4.78 is 0. The first-order chi connectivity index (χ1) is 15.6. The average Bonchev–Trinajstić information content (AvgIpc) is 2.79. The first-order valence-corrected chi connectivity index (χ1v) is 10.5. The maximum atomic E-state index is 9.90. The average molecular weight is 481 g/mol. The van der Waals surface area contributed by atoms with Crippen LogP contribution in [0.2, 0.25) is 0 Å². The molecular formula is C21H40N2O10. The molecule has 0 aromatic carbocycles. The van der Waals surface area contributed by atoms with Gasteiger partial charge in [0, 0.05) is 18.3 Å². The van der Waals surface area contributed by atoms with Gasteiger partial charge >= 0.3 is 11.9 Å². The Balaban J connectivity index is -0.000000181. The quantitative estimate of drug-likeness (QED) is 0.111. The van der Waals surface area contributed by atoms with Crippen molar-refractivity contribution in [2.75, 3.05) is 39.5 Å². The minimum Gasteiger partial charge on any atom is -0.481 e. The predicted octanol–water partition coefficient (Wildman–Crippen LogP) is 0.903. The van der Waals surface area contributed by atoms with E-state index in [0.717, 1.165) is 25.7 Å². The lowest BCUT2D eigenvalue weighted by atomic mass is 9.97. The Bertz CT molecular complexity index is 497. The molecule has 0 unspecified atom stereocenters. The van der Waals surface area contributed by atoms with Gasteiger partial charge in [-0.15, -0.1) is 0 Å². The van der Waals surface area contributed by atoms with Crippen LogP contribution in [0.4, 0.5) is 0 Å². The molecule has 0 aliphatic carbocycles. The number of carbonyl (C=O) groups is 2. The van der Waals surface area contributed by atoms with Crippen LogP contribution in [0.15, 0.2) is 9.98 Å². The molecule has 0 rings (SSSR count). The molecule has 0 aromatic rings. The molecule has 6 N–H and O–H groups in total. The van der Waals surface area contributed by atoms with Crippen molar-refractivity contribution in [3.8, 4) is 0 Å². The highest BCUT2D eigenvalue weighted by Gasteiger charge is 2.13. The second kappa shape index (κ2) is 31.7. The number of aliphatic hydroxyl groups is 4. The van der Waals surface area contributed by atoms with Crippen molar-refractivity contribution in [1.29, 1.82) is 0 Å². The Morgan fingerprint density at radius 1 is 0.667 bits per heavy atom. The number of aliphatic imine (C=N–C) groups is 2. The smallest absolute Gasteiger partial charge is 0.303 e. The van der Waals surface area contributed by atoms with Gasteiger partial charge in [-0.1, -0.05) is 26.7 Å². The Hall–Kier alpha value is -2.46. The van der Waals surface area contributed by atoms with Gasteiger partial charge in [-0.3, -0.25) is 9.59 Å². The highest BCUT2D eigenvalue weighted by molar-refractivity contribution is 5.67. The van der Waals surface area contributed by atoms with Crippen LogP contribution in [0.1, 0.15) is 65.2 Å². The van der Waals surface area contributed by atoms with Crippen LogP contribution in [0.25, 0.3) is 0 Å². The van der Waals surface area contributed by atoms with E-state index in [9.17, 15) is 19.2 Å². The van der Waals surface area contributed by atoms with Gasteiger partial charge in [-0.05, 0) is 25.7 Å². The minimum atomic E-state index is -0.870. The lowest BCUT2D eigenvalue weighted by Gasteiger charge is -2.16. The molecule has 0 amide bonds. The van der Waals surface area contributed by atoms with E-state index >= 15 is 0 Å². The fourth-order valence-electron chi connectivity index (χ4n) is 1.43. The van der Waals surface area contributed by atoms with E-state index < -0.39 is 11.9 Å². The predicted molar refractivity (Wildman–Crippen MR) is 120 cm³/mol. The van der Waals surface area contributed by atoms with Crippen molar-refractivity contribution in [3.05, 3.63) is 0 Å². The number of carboxylic acid groups (broad SMARTS) is 2. The van der Waals surface area contributed by atoms with Gasteiger partial charge in [-0.2, -0.15) is 0 Å². The van der Waals surface area contributed by atoms with E-state index in [1.807, 2.05) is 0 Å². The van der Waals surface area contributed by atoms with Gasteiger partial charge in [0.1, 0.15) is 0 Å². The molecule has 0 fully saturated rings. The number of aliphatic carboxylic acids is 2. The number of hydrogen-bond acceptors (Lipinski definition) is 10. The SMILES string of the molecule is CC(C)(CO)CO.O=C(O)CCCCC(=O)O.O=C=NCCCCCCN=C=O.OCCO. The second-order valence-electron chi connectivity index (χ2n) is 7.28. The van der Waals surface area contributed by atoms with Crippen molar-refractivity contribution in [2.24, 2.45) is 15.4 Å². The zero-order valence-electron chi connectivity index (χ0n) is 19.6. The number of hydrogen-bond donors (Lipinski definition) is 6. The highest BCUT2D eigenvalue weighted by Crippen LogP contribution is 2.10. The summed E-state index contributed by atoms with van der Waals surface area (Å²) in [5, 5.41) is 48.4. The molecule has 0 aliphatic rings. The Morgan fingerprint density at radius 3 is 1.18 bits per heavy atom. The monoisotopic (exact) mass is 480 g/mol. The molecule has 0 aromatic heterocycles. The third kappa shape index (κ3) is 53.1. The second-order valence-corrected chi connectivity index (χ2v) is 7.28. The summed E-state index contributed by atoms with van der Waals surface area (Å²) in [6.45, 7) is 4.55. The van der Waals surface area contributed by atoms with E-state index in [1.54, 1.807) is 13.8 Å². The zero-order valence-corrected chi connectivity index (χ0v) is 19.6. The summed E-state index contributed by atoms with van der Waals surface area (Å²) in [6, 6.07) is 0. The molecule has 0 bridgehead atoms. The summed E-state index contributed by atoms with van der Waals surface area (Å²) in [5.41, 5.74) is -0.306. The van der Waals surface area contributed by atoms with Crippen molar-refractivity contribution in [1.82, 2.24) is 0 Å². The van der Waals surface area contributed by atoms with Gasteiger partial charge in [0.25, 0.3) is 0 Å². The van der Waals surface area contributed by atoms with Crippen LogP contribution in [0.5, 0.6) is 0 Å². The molecule has 0 heterocycles. The fraction of sp³-hybridized carbons (Fsp3) is 0.810. The molecule has 0 spiro atoms. The molecule has 194 valence electrons. The topological polar surface area (TPSA) is 214 Å². The van der Waals surface area contributed by atoms with Crippen LogP contribution in [-0.2, 0) is 19.2 Å². The normalized spacial score (nSPS) is 9.27. The summed E-state index contributed by atoms with van der Waals surface area (Å²) >= 11 is 0. The Kier molecular flexibility index (Phi) is 36.4. The first kappa shape index (κ1) is 37.8. The Labute approximate surface area is 194 Å². The largest absolute Gasteiger partial charge is 0.481 e. The zero-order chi connectivity index (χ0) is 26.4. The van der Waals surface area contributed by atoms with Gasteiger partial charge in [-0.25, -0.2) is 19.6 Å². The van der Waals surface area contributed by atoms with E-state index in [0.29, 0.717) is 25.9 Å². The fourth-order valence-corrected chi connectivity index (χ4v) is 1.43. The maximum absolute atomic E-state index is 9.90. The van der Waals surface area contributed by atoms with Crippen LogP contribution in [0, 0.1) is 5.41 Å². The highest BCUT2D eigenvalue weighted by atomic mass is 16.4. The van der Waals surface area contributed by atoms with Crippen LogP contribution in [-0.4, -0.2) is 94.3 Å². The van der Waals surface area contributed by atoms with Crippen molar-refractivity contribution >= 4 is 24.1 Å². The molecular weight excluding hydrogens is 440 g/mol. The third-order valence-corrected chi connectivity index (χ3v) is 3.41. The third-order valence-electron chi connectivity index (χ3n) is 3.41. The summed E-state index contributed by atoms with van der Waals surface area (Å²) in [5.74, 6) is -1.74. The number of carbonyl (C=O) groups excluding carboxylic acids is 2. The van der Waals surface area contributed by atoms with Gasteiger partial charge in [0.05, 0.1) is 39.5 Å². The number of rotatable bonds is 15. The van der Waals surface area contributed by atoms with E-state index in [2.05, 4.69) is 9.98 Å². The summed E-state index contributed by atoms with van der Waals surface area (Å²) in [6.07, 6.45) is 7.82. The minimum absolute atomic E-state index is 0.0451. The number of isocyanates is 2. The van der Waals surface area contributed by atoms with Crippen molar-refractivity contribution in [3.63, 3.8) is 0 Å². The van der Waals surface area contributed by atoms with Crippen LogP contribution >= 0.6 is 0 Å². The van der Waals surface area contributed by atoms with Crippen LogP contribution in [0.3, 0.4) is 0 Å². The van der Waals surface area contributed by atoms with Crippen molar-refractivity contribution in [2.45, 2.75) is 65.2 Å². The molecule has 33 heavy (non-hydrogen) atoms. The molecule has 12 nitrogen and oxygen atoms in total. The number of carboxylic acids is 2. The van der Waals surface area contributed by atoms with E-state index in [1.165, 1.54) is 12.2 Å². The summed E-state index contributed by atoms with van der Waals surface area (Å²) in [4.78, 5) is 45.9. The lowest BCUT2D eigenvalue weighted by Crippen LogP contribution is -2.20. The summed E-state index contributed by atoms with van der Waals surface area (Å²) in [7, 11) is 0. The van der Waals surface area contributed by atoms with E-state index in [4.69, 9.17) is 30.6 Å². The number of unbranched alkanes of at least 4 members (excludes halogenated alkanes) is 4. The molecule has 0 saturated carbocycles. The Morgan fingerprint density at radius 2 is 1.00 bits per heavy atom. The van der Waals surface area contributed by atoms with Gasteiger partial charge < -0.3 is 30.6 Å². The maximum Gasteiger partial charge on any atom is 0.303 e. The number of nitrogens with zero attached hydrogens (tertiary/aromatic N) is 2. The standard InChI is InChI=1S/C8H12N2O2.C6H10O4.C5H12O2.C2H6O2/c11-7-9-5-3-1-2-4-6-10-8-12;7-5(8)3-1-2-4-6(9)10;1-5(2,3-6)4-7;3-1-2-4/h1-6H2;1-4H2,(H,7,8)(H,9,10);6-7H,3-4H2,1-2H3;3-4H,1-2H2. The van der Waals surface area contributed by atoms with Gasteiger partial charge in [0.15, 0.2) is 0 Å². The number of aliphatic hydroxyl groups excluding tert-OH is 4. The van der Waals surface area contributed by atoms with E-state index in [-0.39, 0.29) is 44.7 Å². The van der Waals surface area contributed by atoms with Crippen LogP contribution < -0.4 is 0 Å². The first-order valence-electron chi connectivity index (χ1n) is 10.5. The molecule has 0 atom stereocenters.